The lowest BCUT2D eigenvalue weighted by Gasteiger charge is -2.15. The molecule has 0 aliphatic heterocycles. The average molecular weight is 602 g/mol. The first-order chi connectivity index (χ1) is 21.6. The van der Waals surface area contributed by atoms with E-state index in [1.807, 2.05) is 78.4 Å². The second kappa shape index (κ2) is 11.5. The Bertz CT molecular complexity index is 2120. The van der Waals surface area contributed by atoms with Gasteiger partial charge in [-0.25, -0.2) is 9.59 Å². The minimum absolute atomic E-state index is 0.144. The largest absolute Gasteiger partial charge is 0.508 e. The van der Waals surface area contributed by atoms with Crippen molar-refractivity contribution in [3.8, 4) is 23.3 Å². The number of carbonyl (C=O) groups excluding carboxylic acids is 2. The van der Waals surface area contributed by atoms with Crippen LogP contribution in [0.5, 0.6) is 23.3 Å². The van der Waals surface area contributed by atoms with Gasteiger partial charge in [0.05, 0.1) is 21.9 Å². The maximum absolute atomic E-state index is 14.1. The van der Waals surface area contributed by atoms with E-state index < -0.39 is 23.7 Å². The summed E-state index contributed by atoms with van der Waals surface area (Å²) in [6.07, 6.45) is 3.87. The standard InChI is InChI=1S/C36H28N2O7/c1-21-18-25(35(42)45-38-31(40)16-17-32(38)41)19-22(2)34(21)44-36(43)33-27-6-4-5-7-29(27)37(3)30-15-12-24(20-28(30)33)9-8-23-10-13-26(39)14-11-23/h4-20,39,43H,1-3H3/p+1. The molecule has 0 radical (unpaired) electrons. The number of rotatable bonds is 6. The van der Waals surface area contributed by atoms with Crippen LogP contribution in [-0.2, 0) is 7.05 Å². The normalized spacial score (nSPS) is 11.4. The van der Waals surface area contributed by atoms with Crippen molar-refractivity contribution in [3.63, 3.8) is 0 Å². The van der Waals surface area contributed by atoms with E-state index in [0.717, 1.165) is 27.5 Å². The molecule has 9 nitrogen and oxygen atoms in total. The fraction of sp³-hybridized carbons (Fsp3) is 0.0833. The van der Waals surface area contributed by atoms with Crippen LogP contribution < -0.4 is 14.1 Å². The third-order valence-corrected chi connectivity index (χ3v) is 7.61. The Morgan fingerprint density at radius 1 is 0.711 bits per heavy atom. The smallest absolute Gasteiger partial charge is 0.363 e. The van der Waals surface area contributed by atoms with Crippen LogP contribution >= 0.6 is 0 Å². The lowest BCUT2D eigenvalue weighted by molar-refractivity contribution is -0.617. The third kappa shape index (κ3) is 5.54. The third-order valence-electron chi connectivity index (χ3n) is 7.61. The molecule has 0 amide bonds. The SMILES string of the molecule is Cc1cc(C(=O)On2c(O)ccc2O)cc(C)c1OC(=O)c1c2ccccc2[n+](C)c2ccc(C=Cc3ccc(O)cc3)cc12. The molecule has 6 rings (SSSR count). The predicted octanol–water partition coefficient (Wildman–Crippen LogP) is 6.01. The number of para-hydroxylation sites is 1. The van der Waals surface area contributed by atoms with Crippen LogP contribution in [0.3, 0.4) is 0 Å². The molecule has 0 fully saturated rings. The van der Waals surface area contributed by atoms with Gasteiger partial charge in [-0.3, -0.25) is 0 Å². The number of phenols is 1. The highest BCUT2D eigenvalue weighted by atomic mass is 16.7. The molecular formula is C36H29N2O7+. The highest BCUT2D eigenvalue weighted by molar-refractivity contribution is 6.13. The van der Waals surface area contributed by atoms with Crippen LogP contribution in [0.2, 0.25) is 0 Å². The number of fused-ring (bicyclic) bond motifs is 2. The summed E-state index contributed by atoms with van der Waals surface area (Å²) in [4.78, 5) is 32.0. The number of hydrogen-bond donors (Lipinski definition) is 3. The quantitative estimate of drug-likeness (QED) is 0.0703. The van der Waals surface area contributed by atoms with Gasteiger partial charge in [0.15, 0.2) is 0 Å². The number of aromatic hydroxyl groups is 3. The summed E-state index contributed by atoms with van der Waals surface area (Å²) in [5.74, 6) is -1.75. The number of aromatic nitrogens is 2. The molecule has 9 heteroatoms. The average Bonchev–Trinajstić information content (AvgIpc) is 3.34. The highest BCUT2D eigenvalue weighted by Gasteiger charge is 2.25. The second-order valence-electron chi connectivity index (χ2n) is 10.7. The van der Waals surface area contributed by atoms with E-state index in [0.29, 0.717) is 32.6 Å². The zero-order valence-electron chi connectivity index (χ0n) is 24.7. The van der Waals surface area contributed by atoms with Gasteiger partial charge in [0.1, 0.15) is 18.5 Å². The number of hydrogen-bond acceptors (Lipinski definition) is 7. The van der Waals surface area contributed by atoms with Crippen molar-refractivity contribution in [2.45, 2.75) is 13.8 Å². The molecule has 0 aliphatic rings. The van der Waals surface area contributed by atoms with E-state index in [1.165, 1.54) is 24.3 Å². The van der Waals surface area contributed by atoms with Crippen molar-refractivity contribution in [3.05, 3.63) is 124 Å². The maximum Gasteiger partial charge on any atom is 0.363 e. The number of aryl methyl sites for hydroxylation is 3. The lowest BCUT2D eigenvalue weighted by Crippen LogP contribution is -2.31. The zero-order chi connectivity index (χ0) is 31.8. The number of esters is 1. The molecule has 6 aromatic rings. The van der Waals surface area contributed by atoms with Gasteiger partial charge in [-0.2, -0.15) is 4.57 Å². The Labute approximate surface area is 258 Å². The summed E-state index contributed by atoms with van der Waals surface area (Å²) in [7, 11) is 1.95. The number of nitrogens with zero attached hydrogens (tertiary/aromatic N) is 2. The first-order valence-electron chi connectivity index (χ1n) is 14.1. The van der Waals surface area contributed by atoms with E-state index in [9.17, 15) is 24.9 Å². The summed E-state index contributed by atoms with van der Waals surface area (Å²) in [6.45, 7) is 3.43. The van der Waals surface area contributed by atoms with Crippen LogP contribution in [-0.4, -0.2) is 32.0 Å². The molecule has 0 aliphatic carbocycles. The number of carbonyl (C=O) groups is 2. The van der Waals surface area contributed by atoms with Gasteiger partial charge in [0, 0.05) is 24.3 Å². The van der Waals surface area contributed by atoms with Crippen molar-refractivity contribution in [1.82, 2.24) is 4.73 Å². The highest BCUT2D eigenvalue weighted by Crippen LogP contribution is 2.31. The molecule has 0 spiro atoms. The summed E-state index contributed by atoms with van der Waals surface area (Å²) >= 11 is 0. The van der Waals surface area contributed by atoms with E-state index in [1.54, 1.807) is 26.0 Å². The fourth-order valence-corrected chi connectivity index (χ4v) is 5.40. The minimum Gasteiger partial charge on any atom is -0.508 e. The Kier molecular flexibility index (Phi) is 7.44. The number of phenolic OH excluding ortho intramolecular Hbond substituents is 1. The van der Waals surface area contributed by atoms with Crippen molar-refractivity contribution < 1.29 is 39.1 Å². The van der Waals surface area contributed by atoms with Crippen molar-refractivity contribution in [1.29, 1.82) is 0 Å². The molecule has 4 aromatic carbocycles. The summed E-state index contributed by atoms with van der Waals surface area (Å²) in [5, 5.41) is 30.7. The molecule has 45 heavy (non-hydrogen) atoms. The number of pyridine rings is 1. The molecule has 0 atom stereocenters. The van der Waals surface area contributed by atoms with E-state index >= 15 is 0 Å². The predicted molar refractivity (Wildman–Crippen MR) is 169 cm³/mol. The van der Waals surface area contributed by atoms with Crippen LogP contribution in [0.15, 0.2) is 91.0 Å². The molecule has 3 N–H and O–H groups in total. The van der Waals surface area contributed by atoms with Gasteiger partial charge >= 0.3 is 11.9 Å². The van der Waals surface area contributed by atoms with Gasteiger partial charge in [0.2, 0.25) is 22.8 Å². The van der Waals surface area contributed by atoms with Crippen molar-refractivity contribution in [2.24, 2.45) is 7.05 Å². The Hall–Kier alpha value is -6.09. The topological polar surface area (TPSA) is 122 Å². The van der Waals surface area contributed by atoms with Gasteiger partial charge < -0.3 is 24.9 Å². The molecule has 2 heterocycles. The number of ether oxygens (including phenoxy) is 1. The van der Waals surface area contributed by atoms with Gasteiger partial charge in [-0.1, -0.05) is 36.4 Å². The van der Waals surface area contributed by atoms with Crippen LogP contribution in [0.4, 0.5) is 0 Å². The van der Waals surface area contributed by atoms with Gasteiger partial charge in [-0.15, -0.1) is 4.73 Å². The Balaban J connectivity index is 1.38. The van der Waals surface area contributed by atoms with Crippen LogP contribution in [0.25, 0.3) is 34.0 Å². The first kappa shape index (κ1) is 29.0. The molecule has 0 saturated carbocycles. The summed E-state index contributed by atoms with van der Waals surface area (Å²) in [6, 6.07) is 25.8. The fourth-order valence-electron chi connectivity index (χ4n) is 5.40. The maximum atomic E-state index is 14.1. The summed E-state index contributed by atoms with van der Waals surface area (Å²) < 4.78 is 8.70. The monoisotopic (exact) mass is 601 g/mol. The van der Waals surface area contributed by atoms with Crippen molar-refractivity contribution in [2.75, 3.05) is 0 Å². The molecule has 0 saturated heterocycles. The lowest BCUT2D eigenvalue weighted by atomic mass is 9.99. The van der Waals surface area contributed by atoms with Crippen LogP contribution in [0.1, 0.15) is 43.0 Å². The molecular weight excluding hydrogens is 572 g/mol. The minimum atomic E-state index is -0.818. The van der Waals surface area contributed by atoms with E-state index in [4.69, 9.17) is 9.57 Å². The Morgan fingerprint density at radius 2 is 1.31 bits per heavy atom. The molecule has 0 bridgehead atoms. The van der Waals surface area contributed by atoms with Crippen molar-refractivity contribution >= 4 is 45.9 Å². The Morgan fingerprint density at radius 3 is 2.00 bits per heavy atom. The summed E-state index contributed by atoms with van der Waals surface area (Å²) in [5.41, 5.74) is 5.06. The van der Waals surface area contributed by atoms with E-state index in [-0.39, 0.29) is 11.3 Å². The molecule has 0 unspecified atom stereocenters. The van der Waals surface area contributed by atoms with Crippen LogP contribution in [0, 0.1) is 13.8 Å². The van der Waals surface area contributed by atoms with E-state index in [2.05, 4.69) is 0 Å². The molecule has 2 aromatic heterocycles. The zero-order valence-corrected chi connectivity index (χ0v) is 24.7. The molecule has 224 valence electrons. The first-order valence-corrected chi connectivity index (χ1v) is 14.1. The van der Waals surface area contributed by atoms with Gasteiger partial charge in [-0.05, 0) is 78.6 Å². The number of benzene rings is 4. The van der Waals surface area contributed by atoms with Gasteiger partial charge in [0.25, 0.3) is 0 Å². The second-order valence-corrected chi connectivity index (χ2v) is 10.7.